The van der Waals surface area contributed by atoms with Crippen LogP contribution in [-0.2, 0) is 16.0 Å². The smallest absolute Gasteiger partial charge is 0.169 e. The molecule has 0 saturated carbocycles. The predicted octanol–water partition coefficient (Wildman–Crippen LogP) is 2.33. The highest BCUT2D eigenvalue weighted by Gasteiger charge is 2.18. The van der Waals surface area contributed by atoms with Gasteiger partial charge in [0.1, 0.15) is 0 Å². The van der Waals surface area contributed by atoms with Crippen molar-refractivity contribution < 1.29 is 9.47 Å². The molecule has 2 aliphatic rings. The number of rotatable bonds is 9. The number of thiocarbonyl (C=S) groups is 1. The highest BCUT2D eigenvalue weighted by atomic mass is 32.1. The van der Waals surface area contributed by atoms with Crippen LogP contribution in [-0.4, -0.2) is 87.7 Å². The Morgan fingerprint density at radius 2 is 1.93 bits per heavy atom. The number of anilines is 1. The third-order valence-electron chi connectivity index (χ3n) is 5.62. The van der Waals surface area contributed by atoms with Crippen LogP contribution in [0.5, 0.6) is 0 Å². The van der Waals surface area contributed by atoms with E-state index in [0.717, 1.165) is 83.5 Å². The Balaban J connectivity index is 1.54. The van der Waals surface area contributed by atoms with E-state index >= 15 is 0 Å². The third-order valence-corrected chi connectivity index (χ3v) is 6.03. The van der Waals surface area contributed by atoms with Gasteiger partial charge in [0.25, 0.3) is 0 Å². The summed E-state index contributed by atoms with van der Waals surface area (Å²) in [6, 6.07) is 8.74. The minimum absolute atomic E-state index is 0.294. The summed E-state index contributed by atoms with van der Waals surface area (Å²) in [6.45, 7) is 8.32. The molecule has 7 heteroatoms. The highest BCUT2D eigenvalue weighted by molar-refractivity contribution is 7.80. The average molecular weight is 421 g/mol. The van der Waals surface area contributed by atoms with Crippen molar-refractivity contribution in [3.63, 3.8) is 0 Å². The molecule has 0 aromatic heterocycles. The van der Waals surface area contributed by atoms with Crippen LogP contribution < -0.4 is 10.2 Å². The molecule has 1 aromatic carbocycles. The summed E-state index contributed by atoms with van der Waals surface area (Å²) in [5.74, 6) is 0. The lowest BCUT2D eigenvalue weighted by molar-refractivity contribution is 0.0367. The predicted molar refractivity (Wildman–Crippen MR) is 123 cm³/mol. The normalized spacial score (nSPS) is 19.9. The van der Waals surface area contributed by atoms with Crippen LogP contribution in [0.2, 0.25) is 0 Å². The molecule has 0 bridgehead atoms. The number of nitrogens with one attached hydrogen (secondary N) is 1. The van der Waals surface area contributed by atoms with Gasteiger partial charge in [-0.25, -0.2) is 0 Å². The minimum Gasteiger partial charge on any atom is -0.379 e. The van der Waals surface area contributed by atoms with E-state index in [0.29, 0.717) is 6.10 Å². The summed E-state index contributed by atoms with van der Waals surface area (Å²) >= 11 is 5.76. The zero-order valence-corrected chi connectivity index (χ0v) is 18.8. The molecule has 2 aliphatic heterocycles. The molecule has 0 spiro atoms. The molecule has 1 unspecified atom stereocenters. The Morgan fingerprint density at radius 1 is 1.17 bits per heavy atom. The molecule has 162 valence electrons. The number of hydrogen-bond donors (Lipinski definition) is 1. The molecule has 1 atom stereocenters. The maximum absolute atomic E-state index is 5.76. The standard InChI is InChI=1S/C22H36N4O2S/c1-24(2)20-8-6-19(7-9-20)18-26(11-4-10-25-12-15-27-16-13-25)22(29)23-17-21-5-3-14-28-21/h6-9,21H,3-5,10-18H2,1-2H3,(H,23,29). The van der Waals surface area contributed by atoms with Crippen molar-refractivity contribution in [1.29, 1.82) is 0 Å². The van der Waals surface area contributed by atoms with E-state index in [9.17, 15) is 0 Å². The lowest BCUT2D eigenvalue weighted by Gasteiger charge is -2.30. The summed E-state index contributed by atoms with van der Waals surface area (Å²) in [5, 5.41) is 4.29. The van der Waals surface area contributed by atoms with Crippen molar-refractivity contribution in [1.82, 2.24) is 15.1 Å². The van der Waals surface area contributed by atoms with Gasteiger partial charge in [0.15, 0.2) is 5.11 Å². The first-order chi connectivity index (χ1) is 14.1. The Hall–Kier alpha value is -1.41. The van der Waals surface area contributed by atoms with Crippen molar-refractivity contribution in [2.75, 3.05) is 71.5 Å². The van der Waals surface area contributed by atoms with Crippen molar-refractivity contribution in [3.05, 3.63) is 29.8 Å². The molecule has 0 amide bonds. The van der Waals surface area contributed by atoms with Crippen molar-refractivity contribution in [3.8, 4) is 0 Å². The number of ether oxygens (including phenoxy) is 2. The van der Waals surface area contributed by atoms with E-state index in [1.54, 1.807) is 0 Å². The van der Waals surface area contributed by atoms with E-state index in [1.807, 2.05) is 0 Å². The van der Waals surface area contributed by atoms with Gasteiger partial charge in [-0.2, -0.15) is 0 Å². The van der Waals surface area contributed by atoms with Crippen molar-refractivity contribution in [2.24, 2.45) is 0 Å². The quantitative estimate of drug-likeness (QED) is 0.615. The molecular weight excluding hydrogens is 384 g/mol. The lowest BCUT2D eigenvalue weighted by Crippen LogP contribution is -2.44. The molecule has 29 heavy (non-hydrogen) atoms. The molecule has 2 heterocycles. The van der Waals surface area contributed by atoms with Crippen molar-refractivity contribution in [2.45, 2.75) is 31.9 Å². The largest absolute Gasteiger partial charge is 0.379 e. The van der Waals surface area contributed by atoms with Crippen LogP contribution in [0.3, 0.4) is 0 Å². The summed E-state index contributed by atoms with van der Waals surface area (Å²) < 4.78 is 11.2. The van der Waals surface area contributed by atoms with Crippen LogP contribution in [0.4, 0.5) is 5.69 Å². The zero-order chi connectivity index (χ0) is 20.5. The van der Waals surface area contributed by atoms with E-state index < -0.39 is 0 Å². The highest BCUT2D eigenvalue weighted by Crippen LogP contribution is 2.15. The maximum Gasteiger partial charge on any atom is 0.169 e. The minimum atomic E-state index is 0.294. The molecule has 1 aromatic rings. The SMILES string of the molecule is CN(C)c1ccc(CN(CCCN2CCOCC2)C(=S)NCC2CCCO2)cc1. The van der Waals surface area contributed by atoms with Crippen LogP contribution in [0.1, 0.15) is 24.8 Å². The molecule has 3 rings (SSSR count). The van der Waals surface area contributed by atoms with Gasteiger partial charge in [-0.3, -0.25) is 4.90 Å². The Morgan fingerprint density at radius 3 is 2.59 bits per heavy atom. The summed E-state index contributed by atoms with van der Waals surface area (Å²) in [4.78, 5) is 6.91. The Bertz CT molecular complexity index is 614. The summed E-state index contributed by atoms with van der Waals surface area (Å²) in [6.07, 6.45) is 3.67. The molecule has 0 aliphatic carbocycles. The monoisotopic (exact) mass is 420 g/mol. The zero-order valence-electron chi connectivity index (χ0n) is 17.9. The second-order valence-corrected chi connectivity index (χ2v) is 8.50. The first-order valence-electron chi connectivity index (χ1n) is 10.8. The molecule has 2 fully saturated rings. The molecule has 2 saturated heterocycles. The van der Waals surface area contributed by atoms with Gasteiger partial charge in [0, 0.05) is 65.7 Å². The number of morpholine rings is 1. The van der Waals surface area contributed by atoms with Crippen LogP contribution in [0, 0.1) is 0 Å². The first kappa shape index (κ1) is 22.3. The molecular formula is C22H36N4O2S. The fourth-order valence-corrected chi connectivity index (χ4v) is 4.04. The maximum atomic E-state index is 5.76. The molecule has 1 N–H and O–H groups in total. The second-order valence-electron chi connectivity index (χ2n) is 8.11. The Labute approximate surface area is 181 Å². The lowest BCUT2D eigenvalue weighted by atomic mass is 10.2. The Kier molecular flexibility index (Phi) is 8.98. The van der Waals surface area contributed by atoms with Crippen LogP contribution in [0.15, 0.2) is 24.3 Å². The fourth-order valence-electron chi connectivity index (χ4n) is 3.80. The van der Waals surface area contributed by atoms with Gasteiger partial charge >= 0.3 is 0 Å². The topological polar surface area (TPSA) is 40.2 Å². The van der Waals surface area contributed by atoms with Crippen LogP contribution >= 0.6 is 12.2 Å². The van der Waals surface area contributed by atoms with E-state index in [4.69, 9.17) is 21.7 Å². The summed E-state index contributed by atoms with van der Waals surface area (Å²) in [7, 11) is 4.13. The fraction of sp³-hybridized carbons (Fsp3) is 0.682. The molecule has 0 radical (unpaired) electrons. The van der Waals surface area contributed by atoms with E-state index in [-0.39, 0.29) is 0 Å². The van der Waals surface area contributed by atoms with Crippen LogP contribution in [0.25, 0.3) is 0 Å². The van der Waals surface area contributed by atoms with Gasteiger partial charge in [-0.05, 0) is 49.2 Å². The first-order valence-corrected chi connectivity index (χ1v) is 11.2. The number of hydrogen-bond acceptors (Lipinski definition) is 5. The van der Waals surface area contributed by atoms with Gasteiger partial charge in [0.2, 0.25) is 0 Å². The number of nitrogens with zero attached hydrogens (tertiary/aromatic N) is 3. The van der Waals surface area contributed by atoms with Gasteiger partial charge in [-0.1, -0.05) is 12.1 Å². The third kappa shape index (κ3) is 7.41. The van der Waals surface area contributed by atoms with Gasteiger partial charge in [-0.15, -0.1) is 0 Å². The second kappa shape index (κ2) is 11.7. The van der Waals surface area contributed by atoms with Gasteiger partial charge in [0.05, 0.1) is 19.3 Å². The van der Waals surface area contributed by atoms with Gasteiger partial charge < -0.3 is 24.6 Å². The van der Waals surface area contributed by atoms with E-state index in [2.05, 4.69) is 58.4 Å². The molecule has 6 nitrogen and oxygen atoms in total. The average Bonchev–Trinajstić information content (AvgIpc) is 3.26. The van der Waals surface area contributed by atoms with Crippen molar-refractivity contribution >= 4 is 23.0 Å². The number of benzene rings is 1. The van der Waals surface area contributed by atoms with E-state index in [1.165, 1.54) is 11.3 Å². The summed E-state index contributed by atoms with van der Waals surface area (Å²) in [5.41, 5.74) is 2.50.